The molecule has 0 spiro atoms. The van der Waals surface area contributed by atoms with Gasteiger partial charge in [-0.05, 0) is 36.8 Å². The summed E-state index contributed by atoms with van der Waals surface area (Å²) in [5.74, 6) is 1.64. The molecule has 2 aromatic rings. The Morgan fingerprint density at radius 3 is 2.62 bits per heavy atom. The van der Waals surface area contributed by atoms with Crippen molar-refractivity contribution in [2.75, 3.05) is 18.5 Å². The second-order valence-electron chi connectivity index (χ2n) is 5.43. The molecular formula is C18H18FNO3S. The number of rotatable bonds is 5. The van der Waals surface area contributed by atoms with E-state index in [1.165, 1.54) is 23.9 Å². The summed E-state index contributed by atoms with van der Waals surface area (Å²) in [6, 6.07) is 11.7. The van der Waals surface area contributed by atoms with Gasteiger partial charge in [0, 0.05) is 17.5 Å². The lowest BCUT2D eigenvalue weighted by Crippen LogP contribution is -2.23. The normalized spacial score (nSPS) is 14.1. The van der Waals surface area contributed by atoms with Crippen molar-refractivity contribution in [1.29, 1.82) is 0 Å². The van der Waals surface area contributed by atoms with Crippen molar-refractivity contribution in [2.24, 2.45) is 0 Å². The highest BCUT2D eigenvalue weighted by atomic mass is 32.2. The number of carbonyl (C=O) groups excluding carboxylic acids is 1. The molecule has 0 fully saturated rings. The first-order chi connectivity index (χ1) is 11.6. The maximum absolute atomic E-state index is 12.9. The van der Waals surface area contributed by atoms with Crippen LogP contribution in [-0.2, 0) is 10.5 Å². The van der Waals surface area contributed by atoms with Gasteiger partial charge in [0.05, 0.1) is 5.25 Å². The Bertz CT molecular complexity index is 721. The van der Waals surface area contributed by atoms with Crippen LogP contribution in [-0.4, -0.2) is 24.4 Å². The Hall–Kier alpha value is -2.21. The van der Waals surface area contributed by atoms with E-state index in [1.54, 1.807) is 30.3 Å². The maximum atomic E-state index is 12.9. The Labute approximate surface area is 144 Å². The highest BCUT2D eigenvalue weighted by Crippen LogP contribution is 2.32. The van der Waals surface area contributed by atoms with Gasteiger partial charge in [-0.15, -0.1) is 11.8 Å². The summed E-state index contributed by atoms with van der Waals surface area (Å²) in [6.07, 6.45) is 0. The maximum Gasteiger partial charge on any atom is 0.237 e. The van der Waals surface area contributed by atoms with Crippen LogP contribution in [0.5, 0.6) is 11.5 Å². The highest BCUT2D eigenvalue weighted by molar-refractivity contribution is 7.99. The molecule has 0 aliphatic carbocycles. The second-order valence-corrected chi connectivity index (χ2v) is 6.76. The van der Waals surface area contributed by atoms with Crippen LogP contribution in [0.15, 0.2) is 42.5 Å². The SMILES string of the molecule is CC(SCc1ccc(F)cc1)C(=O)Nc1ccc2c(c1)OCCO2. The zero-order valence-electron chi connectivity index (χ0n) is 13.3. The molecular weight excluding hydrogens is 329 g/mol. The summed E-state index contributed by atoms with van der Waals surface area (Å²) < 4.78 is 23.9. The highest BCUT2D eigenvalue weighted by Gasteiger charge is 2.16. The quantitative estimate of drug-likeness (QED) is 0.892. The molecule has 126 valence electrons. The average molecular weight is 347 g/mol. The van der Waals surface area contributed by atoms with Gasteiger partial charge in [0.2, 0.25) is 5.91 Å². The summed E-state index contributed by atoms with van der Waals surface area (Å²) in [6.45, 7) is 2.89. The summed E-state index contributed by atoms with van der Waals surface area (Å²) >= 11 is 1.50. The van der Waals surface area contributed by atoms with Crippen LogP contribution >= 0.6 is 11.8 Å². The fraction of sp³-hybridized carbons (Fsp3) is 0.278. The first-order valence-electron chi connectivity index (χ1n) is 7.68. The van der Waals surface area contributed by atoms with Crippen LogP contribution < -0.4 is 14.8 Å². The van der Waals surface area contributed by atoms with Gasteiger partial charge < -0.3 is 14.8 Å². The van der Waals surface area contributed by atoms with Crippen molar-refractivity contribution in [3.8, 4) is 11.5 Å². The van der Waals surface area contributed by atoms with E-state index in [0.717, 1.165) is 5.56 Å². The van der Waals surface area contributed by atoms with Gasteiger partial charge in [-0.3, -0.25) is 4.79 Å². The third-order valence-corrected chi connectivity index (χ3v) is 4.81. The first kappa shape index (κ1) is 16.6. The van der Waals surface area contributed by atoms with Crippen LogP contribution in [0, 0.1) is 5.82 Å². The number of fused-ring (bicyclic) bond motifs is 1. The minimum atomic E-state index is -0.256. The lowest BCUT2D eigenvalue weighted by Gasteiger charge is -2.19. The molecule has 24 heavy (non-hydrogen) atoms. The zero-order valence-corrected chi connectivity index (χ0v) is 14.1. The van der Waals surface area contributed by atoms with Crippen molar-refractivity contribution < 1.29 is 18.7 Å². The number of carbonyl (C=O) groups is 1. The number of thioether (sulfide) groups is 1. The number of benzene rings is 2. The molecule has 1 unspecified atom stereocenters. The molecule has 2 aromatic carbocycles. The lowest BCUT2D eigenvalue weighted by molar-refractivity contribution is -0.115. The van der Waals surface area contributed by atoms with Crippen molar-refractivity contribution in [1.82, 2.24) is 0 Å². The largest absolute Gasteiger partial charge is 0.486 e. The molecule has 4 nitrogen and oxygen atoms in total. The molecule has 1 heterocycles. The molecule has 1 aliphatic heterocycles. The summed E-state index contributed by atoms with van der Waals surface area (Å²) in [4.78, 5) is 12.3. The number of hydrogen-bond donors (Lipinski definition) is 1. The van der Waals surface area contributed by atoms with Crippen LogP contribution in [0.3, 0.4) is 0 Å². The fourth-order valence-corrected chi connectivity index (χ4v) is 3.09. The molecule has 1 N–H and O–H groups in total. The molecule has 1 amide bonds. The van der Waals surface area contributed by atoms with E-state index in [2.05, 4.69) is 5.32 Å². The monoisotopic (exact) mass is 347 g/mol. The Balaban J connectivity index is 1.55. The molecule has 0 saturated heterocycles. The van der Waals surface area contributed by atoms with Crippen LogP contribution in [0.4, 0.5) is 10.1 Å². The molecule has 3 rings (SSSR count). The predicted octanol–water partition coefficient (Wildman–Crippen LogP) is 3.86. The molecule has 1 atom stereocenters. The van der Waals surface area contributed by atoms with Gasteiger partial charge in [0.1, 0.15) is 19.0 Å². The Morgan fingerprint density at radius 2 is 1.88 bits per heavy atom. The molecule has 0 radical (unpaired) electrons. The van der Waals surface area contributed by atoms with Crippen LogP contribution in [0.2, 0.25) is 0 Å². The van der Waals surface area contributed by atoms with Gasteiger partial charge >= 0.3 is 0 Å². The summed E-state index contributed by atoms with van der Waals surface area (Å²) in [5, 5.41) is 2.65. The predicted molar refractivity (Wildman–Crippen MR) is 93.2 cm³/mol. The lowest BCUT2D eigenvalue weighted by atomic mass is 10.2. The van der Waals surface area contributed by atoms with E-state index < -0.39 is 0 Å². The third kappa shape index (κ3) is 4.20. The summed E-state index contributed by atoms with van der Waals surface area (Å²) in [5.41, 5.74) is 1.67. The van der Waals surface area contributed by atoms with E-state index in [-0.39, 0.29) is 17.0 Å². The van der Waals surface area contributed by atoms with E-state index in [1.807, 2.05) is 6.92 Å². The molecule has 1 aliphatic rings. The van der Waals surface area contributed by atoms with Gasteiger partial charge in [0.25, 0.3) is 0 Å². The van der Waals surface area contributed by atoms with Crippen LogP contribution in [0.25, 0.3) is 0 Å². The van der Waals surface area contributed by atoms with Crippen molar-refractivity contribution in [3.63, 3.8) is 0 Å². The summed E-state index contributed by atoms with van der Waals surface area (Å²) in [7, 11) is 0. The topological polar surface area (TPSA) is 47.6 Å². The Kier molecular flexibility index (Phi) is 5.25. The van der Waals surface area contributed by atoms with E-state index >= 15 is 0 Å². The van der Waals surface area contributed by atoms with Crippen molar-refractivity contribution in [3.05, 3.63) is 53.8 Å². The van der Waals surface area contributed by atoms with Crippen molar-refractivity contribution in [2.45, 2.75) is 17.9 Å². The number of nitrogens with one attached hydrogen (secondary N) is 1. The minimum Gasteiger partial charge on any atom is -0.486 e. The van der Waals surface area contributed by atoms with Crippen LogP contribution in [0.1, 0.15) is 12.5 Å². The number of amides is 1. The van der Waals surface area contributed by atoms with E-state index in [4.69, 9.17) is 9.47 Å². The number of hydrogen-bond acceptors (Lipinski definition) is 4. The molecule has 0 saturated carbocycles. The molecule has 6 heteroatoms. The Morgan fingerprint density at radius 1 is 1.17 bits per heavy atom. The average Bonchev–Trinajstić information content (AvgIpc) is 2.61. The second kappa shape index (κ2) is 7.57. The van der Waals surface area contributed by atoms with Gasteiger partial charge in [0.15, 0.2) is 11.5 Å². The number of anilines is 1. The first-order valence-corrected chi connectivity index (χ1v) is 8.73. The van der Waals surface area contributed by atoms with Gasteiger partial charge in [-0.1, -0.05) is 12.1 Å². The van der Waals surface area contributed by atoms with E-state index in [0.29, 0.717) is 36.2 Å². The van der Waals surface area contributed by atoms with Gasteiger partial charge in [-0.2, -0.15) is 0 Å². The van der Waals surface area contributed by atoms with Gasteiger partial charge in [-0.25, -0.2) is 4.39 Å². The molecule has 0 bridgehead atoms. The van der Waals surface area contributed by atoms with Crippen molar-refractivity contribution >= 4 is 23.4 Å². The molecule has 0 aromatic heterocycles. The number of halogens is 1. The van der Waals surface area contributed by atoms with E-state index in [9.17, 15) is 9.18 Å². The zero-order chi connectivity index (χ0) is 16.9. The number of ether oxygens (including phenoxy) is 2. The third-order valence-electron chi connectivity index (χ3n) is 3.59. The fourth-order valence-electron chi connectivity index (χ4n) is 2.24. The smallest absolute Gasteiger partial charge is 0.237 e. The standard InChI is InChI=1S/C18H18FNO3S/c1-12(24-11-13-2-4-14(19)5-3-13)18(21)20-15-6-7-16-17(10-15)23-9-8-22-16/h2-7,10,12H,8-9,11H2,1H3,(H,20,21). The minimum absolute atomic E-state index is 0.0845.